The van der Waals surface area contributed by atoms with Gasteiger partial charge in [-0.25, -0.2) is 9.69 Å². The van der Waals surface area contributed by atoms with Crippen molar-refractivity contribution in [2.75, 3.05) is 13.1 Å². The third-order valence-corrected chi connectivity index (χ3v) is 5.84. The van der Waals surface area contributed by atoms with Crippen LogP contribution in [-0.4, -0.2) is 65.1 Å². The molecule has 1 saturated heterocycles. The average molecular weight is 494 g/mol. The summed E-state index contributed by atoms with van der Waals surface area (Å²) in [5.74, 6) is -1.21. The molecule has 3 amide bonds. The number of nitrogens with two attached hydrogens (primary N) is 2. The molecule has 3 rings (SSSR count). The maximum atomic E-state index is 13.0. The largest absolute Gasteiger partial charge is 0.444 e. The van der Waals surface area contributed by atoms with Gasteiger partial charge in [-0.1, -0.05) is 48.5 Å². The van der Waals surface area contributed by atoms with Gasteiger partial charge in [-0.15, -0.1) is 0 Å². The van der Waals surface area contributed by atoms with Gasteiger partial charge in [0.25, 0.3) is 11.8 Å². The number of hydrogen-bond donors (Lipinski definition) is 2. The number of nitrogens with zero attached hydrogens (tertiary/aromatic N) is 3. The van der Waals surface area contributed by atoms with Gasteiger partial charge in [0.1, 0.15) is 18.9 Å². The Hall–Kier alpha value is -4.05. The molecule has 0 bridgehead atoms. The Kier molecular flexibility index (Phi) is 9.70. The van der Waals surface area contributed by atoms with Gasteiger partial charge in [0.2, 0.25) is 5.96 Å². The van der Waals surface area contributed by atoms with Gasteiger partial charge in [-0.3, -0.25) is 9.59 Å². The van der Waals surface area contributed by atoms with Gasteiger partial charge >= 0.3 is 6.09 Å². The number of aldehydes is 1. The number of benzene rings is 2. The van der Waals surface area contributed by atoms with Crippen molar-refractivity contribution in [3.05, 3.63) is 71.8 Å². The monoisotopic (exact) mass is 493 g/mol. The van der Waals surface area contributed by atoms with Crippen molar-refractivity contribution in [2.45, 2.75) is 44.4 Å². The number of carbonyl (C=O) groups is 4. The van der Waals surface area contributed by atoms with E-state index >= 15 is 0 Å². The fourth-order valence-corrected chi connectivity index (χ4v) is 3.91. The van der Waals surface area contributed by atoms with Gasteiger partial charge in [-0.05, 0) is 43.4 Å². The molecule has 2 aromatic carbocycles. The van der Waals surface area contributed by atoms with Crippen LogP contribution in [0.4, 0.5) is 4.79 Å². The number of rotatable bonds is 9. The van der Waals surface area contributed by atoms with Crippen LogP contribution >= 0.6 is 0 Å². The lowest BCUT2D eigenvalue weighted by atomic mass is 10.1. The van der Waals surface area contributed by atoms with E-state index in [2.05, 4.69) is 4.99 Å². The zero-order valence-corrected chi connectivity index (χ0v) is 20.0. The van der Waals surface area contributed by atoms with Gasteiger partial charge in [-0.2, -0.15) is 4.99 Å². The molecule has 1 fully saturated rings. The summed E-state index contributed by atoms with van der Waals surface area (Å²) in [6.07, 6.45) is 1.59. The molecular weight excluding hydrogens is 462 g/mol. The minimum absolute atomic E-state index is 0.00717. The normalized spacial score (nSPS) is 16.3. The fourth-order valence-electron chi connectivity index (χ4n) is 3.91. The van der Waals surface area contributed by atoms with Gasteiger partial charge in [0.15, 0.2) is 0 Å². The molecule has 0 aromatic heterocycles. The first-order chi connectivity index (χ1) is 17.4. The highest BCUT2D eigenvalue weighted by molar-refractivity contribution is 6.03. The van der Waals surface area contributed by atoms with E-state index in [1.165, 1.54) is 4.90 Å². The SMILES string of the molecule is NC(=NC(=O)[C@@H]1CCCN1C(=O)c1ccccc1)N(CCC[C@H](N)C=O)C(=O)OCc1ccccc1. The van der Waals surface area contributed by atoms with E-state index in [0.717, 1.165) is 10.5 Å². The zero-order chi connectivity index (χ0) is 25.9. The predicted octanol–water partition coefficient (Wildman–Crippen LogP) is 2.08. The molecular formula is C26H31N5O5. The van der Waals surface area contributed by atoms with Crippen LogP contribution in [0.5, 0.6) is 0 Å². The molecule has 1 aliphatic rings. The Labute approximate surface area is 209 Å². The van der Waals surface area contributed by atoms with E-state index in [1.54, 1.807) is 36.4 Å². The van der Waals surface area contributed by atoms with Crippen molar-refractivity contribution in [1.29, 1.82) is 0 Å². The van der Waals surface area contributed by atoms with Gasteiger partial charge < -0.3 is 25.9 Å². The second-order valence-electron chi connectivity index (χ2n) is 8.46. The lowest BCUT2D eigenvalue weighted by molar-refractivity contribution is -0.121. The minimum Gasteiger partial charge on any atom is -0.444 e. The topological polar surface area (TPSA) is 148 Å². The summed E-state index contributed by atoms with van der Waals surface area (Å²) < 4.78 is 5.37. The maximum Gasteiger partial charge on any atom is 0.416 e. The highest BCUT2D eigenvalue weighted by atomic mass is 16.6. The second-order valence-corrected chi connectivity index (χ2v) is 8.46. The first kappa shape index (κ1) is 26.6. The van der Waals surface area contributed by atoms with Crippen LogP contribution in [0.1, 0.15) is 41.6 Å². The number of guanidine groups is 1. The van der Waals surface area contributed by atoms with Gasteiger partial charge in [0.05, 0.1) is 6.04 Å². The second kappa shape index (κ2) is 13.1. The van der Waals surface area contributed by atoms with Crippen molar-refractivity contribution in [3.8, 4) is 0 Å². The Balaban J connectivity index is 1.72. The Morgan fingerprint density at radius 2 is 1.78 bits per heavy atom. The smallest absolute Gasteiger partial charge is 0.416 e. The van der Waals surface area contributed by atoms with Crippen LogP contribution in [0.25, 0.3) is 0 Å². The maximum absolute atomic E-state index is 13.0. The average Bonchev–Trinajstić information content (AvgIpc) is 3.40. The summed E-state index contributed by atoms with van der Waals surface area (Å²) in [5.41, 5.74) is 13.0. The van der Waals surface area contributed by atoms with E-state index in [1.807, 2.05) is 24.3 Å². The molecule has 0 unspecified atom stereocenters. The molecule has 190 valence electrons. The number of amides is 3. The number of likely N-dealkylation sites (tertiary alicyclic amines) is 1. The van der Waals surface area contributed by atoms with Crippen molar-refractivity contribution < 1.29 is 23.9 Å². The molecule has 0 radical (unpaired) electrons. The number of aliphatic imine (C=N–C) groups is 1. The summed E-state index contributed by atoms with van der Waals surface area (Å²) in [5, 5.41) is 0. The predicted molar refractivity (Wildman–Crippen MR) is 134 cm³/mol. The summed E-state index contributed by atoms with van der Waals surface area (Å²) in [6, 6.07) is 16.3. The highest BCUT2D eigenvalue weighted by Crippen LogP contribution is 2.21. The summed E-state index contributed by atoms with van der Waals surface area (Å²) >= 11 is 0. The van der Waals surface area contributed by atoms with E-state index < -0.39 is 24.1 Å². The molecule has 0 aliphatic carbocycles. The molecule has 36 heavy (non-hydrogen) atoms. The van der Waals surface area contributed by atoms with Crippen molar-refractivity contribution in [1.82, 2.24) is 9.80 Å². The van der Waals surface area contributed by atoms with Crippen LogP contribution in [-0.2, 0) is 20.9 Å². The fraction of sp³-hybridized carbons (Fsp3) is 0.346. The van der Waals surface area contributed by atoms with Crippen molar-refractivity contribution >= 4 is 30.2 Å². The standard InChI is InChI=1S/C26H31N5O5/c27-21(17-32)13-7-16-31(26(35)36-18-19-9-3-1-4-10-19)25(28)29-23(33)22-14-8-15-30(22)24(34)20-11-5-2-6-12-20/h1-6,9-12,17,21-22H,7-8,13-16,18,27H2,(H2,28,29,33)/t21-,22-/m0/s1. The van der Waals surface area contributed by atoms with Crippen LogP contribution in [0.3, 0.4) is 0 Å². The number of carbonyl (C=O) groups excluding carboxylic acids is 4. The third-order valence-electron chi connectivity index (χ3n) is 5.84. The summed E-state index contributed by atoms with van der Waals surface area (Å²) in [7, 11) is 0. The zero-order valence-electron chi connectivity index (χ0n) is 20.0. The molecule has 2 aromatic rings. The first-order valence-corrected chi connectivity index (χ1v) is 11.8. The summed E-state index contributed by atoms with van der Waals surface area (Å²) in [6.45, 7) is 0.480. The summed E-state index contributed by atoms with van der Waals surface area (Å²) in [4.78, 5) is 56.1. The number of hydrogen-bond acceptors (Lipinski definition) is 6. The molecule has 10 nitrogen and oxygen atoms in total. The molecule has 0 saturated carbocycles. The molecule has 2 atom stereocenters. The van der Waals surface area contributed by atoms with Crippen LogP contribution in [0.2, 0.25) is 0 Å². The van der Waals surface area contributed by atoms with Crippen molar-refractivity contribution in [2.24, 2.45) is 16.5 Å². The molecule has 1 heterocycles. The van der Waals surface area contributed by atoms with E-state index in [4.69, 9.17) is 16.2 Å². The number of ether oxygens (including phenoxy) is 1. The van der Waals surface area contributed by atoms with Crippen LogP contribution < -0.4 is 11.5 Å². The van der Waals surface area contributed by atoms with E-state index in [-0.39, 0.29) is 25.0 Å². The van der Waals surface area contributed by atoms with Crippen molar-refractivity contribution in [3.63, 3.8) is 0 Å². The highest BCUT2D eigenvalue weighted by Gasteiger charge is 2.35. The Morgan fingerprint density at radius 3 is 2.44 bits per heavy atom. The van der Waals surface area contributed by atoms with Crippen LogP contribution in [0, 0.1) is 0 Å². The van der Waals surface area contributed by atoms with Crippen LogP contribution in [0.15, 0.2) is 65.7 Å². The first-order valence-electron chi connectivity index (χ1n) is 11.8. The van der Waals surface area contributed by atoms with Gasteiger partial charge in [0, 0.05) is 18.7 Å². The molecule has 4 N–H and O–H groups in total. The van der Waals surface area contributed by atoms with E-state index in [0.29, 0.717) is 44.1 Å². The Morgan fingerprint density at radius 1 is 1.11 bits per heavy atom. The molecule has 0 spiro atoms. The lowest BCUT2D eigenvalue weighted by Gasteiger charge is -2.24. The quantitative estimate of drug-likeness (QED) is 0.309. The molecule has 1 aliphatic heterocycles. The molecule has 10 heteroatoms. The lowest BCUT2D eigenvalue weighted by Crippen LogP contribution is -2.45. The minimum atomic E-state index is -0.781. The third kappa shape index (κ3) is 7.22. The Bertz CT molecular complexity index is 1080. The van der Waals surface area contributed by atoms with E-state index in [9.17, 15) is 19.2 Å².